The molecule has 1 aromatic carbocycles. The number of amides is 1. The van der Waals surface area contributed by atoms with E-state index in [-0.39, 0.29) is 35.3 Å². The summed E-state index contributed by atoms with van der Waals surface area (Å²) in [6, 6.07) is 10.0. The molecule has 1 amide bonds. The van der Waals surface area contributed by atoms with Crippen molar-refractivity contribution in [2.24, 2.45) is 5.92 Å². The van der Waals surface area contributed by atoms with Gasteiger partial charge in [0.2, 0.25) is 11.8 Å². The largest absolute Gasteiger partial charge is 0.468 e. The summed E-state index contributed by atoms with van der Waals surface area (Å²) >= 11 is 0. The summed E-state index contributed by atoms with van der Waals surface area (Å²) in [4.78, 5) is 33.3. The van der Waals surface area contributed by atoms with E-state index in [9.17, 15) is 27.2 Å². The first-order chi connectivity index (χ1) is 17.4. The van der Waals surface area contributed by atoms with Gasteiger partial charge in [-0.1, -0.05) is 13.8 Å². The first-order valence-corrected chi connectivity index (χ1v) is 11.3. The number of hydrogen-bond acceptors (Lipinski definition) is 6. The molecule has 0 bridgehead atoms. The average Bonchev–Trinajstić information content (AvgIpc) is 2.84. The van der Waals surface area contributed by atoms with E-state index in [0.717, 1.165) is 18.2 Å². The van der Waals surface area contributed by atoms with Gasteiger partial charge in [0, 0.05) is 30.3 Å². The fourth-order valence-electron chi connectivity index (χ4n) is 3.13. The molecule has 0 aliphatic carbocycles. The second kappa shape index (κ2) is 11.8. The van der Waals surface area contributed by atoms with Crippen LogP contribution in [0.3, 0.4) is 0 Å². The molecule has 0 radical (unpaired) electrons. The summed E-state index contributed by atoms with van der Waals surface area (Å²) in [5.41, 5.74) is 1.17. The van der Waals surface area contributed by atoms with Crippen LogP contribution in [0.4, 0.5) is 17.6 Å². The smallest absolute Gasteiger partial charge is 0.422 e. The molecule has 0 saturated carbocycles. The van der Waals surface area contributed by atoms with Crippen molar-refractivity contribution in [3.63, 3.8) is 0 Å². The molecule has 37 heavy (non-hydrogen) atoms. The molecule has 0 saturated heterocycles. The Labute approximate surface area is 210 Å². The Balaban J connectivity index is 1.82. The topological polar surface area (TPSA) is 90.4 Å². The molecule has 196 valence electrons. The van der Waals surface area contributed by atoms with Gasteiger partial charge in [-0.3, -0.25) is 14.6 Å². The standard InChI is InChI=1S/C26H25F4N3O4/c1-15(2)22(34)13-19-12-17(10-11-31-19)16(3)32-24(35)21-8-9-23(36-14-26(28,29)30)33-25(21)37-20-6-4-18(27)5-7-20/h4-12,15-16H,13-14H2,1-3H3,(H,32,35). The summed E-state index contributed by atoms with van der Waals surface area (Å²) in [5.74, 6) is -1.89. The molecule has 11 heteroatoms. The lowest BCUT2D eigenvalue weighted by atomic mass is 10.0. The first kappa shape index (κ1) is 27.6. The number of alkyl halides is 3. The van der Waals surface area contributed by atoms with Crippen LogP contribution >= 0.6 is 0 Å². The molecular formula is C26H25F4N3O4. The molecule has 0 aliphatic rings. The zero-order valence-corrected chi connectivity index (χ0v) is 20.3. The molecular weight excluding hydrogens is 494 g/mol. The second-order valence-electron chi connectivity index (χ2n) is 8.54. The molecule has 2 aromatic heterocycles. The highest BCUT2D eigenvalue weighted by Crippen LogP contribution is 2.28. The maximum absolute atomic E-state index is 13.3. The SMILES string of the molecule is CC(C)C(=O)Cc1cc(C(C)NC(=O)c2ccc(OCC(F)(F)F)nc2Oc2ccc(F)cc2)ccn1. The molecule has 1 atom stereocenters. The predicted octanol–water partition coefficient (Wildman–Crippen LogP) is 5.61. The van der Waals surface area contributed by atoms with E-state index in [0.29, 0.717) is 11.3 Å². The van der Waals surface area contributed by atoms with Gasteiger partial charge in [-0.05, 0) is 55.0 Å². The Bertz CT molecular complexity index is 1250. The highest BCUT2D eigenvalue weighted by atomic mass is 19.4. The van der Waals surface area contributed by atoms with E-state index in [2.05, 4.69) is 20.0 Å². The number of ether oxygens (including phenoxy) is 2. The lowest BCUT2D eigenvalue weighted by Crippen LogP contribution is -2.27. The van der Waals surface area contributed by atoms with Gasteiger partial charge in [-0.2, -0.15) is 18.2 Å². The first-order valence-electron chi connectivity index (χ1n) is 11.3. The zero-order valence-electron chi connectivity index (χ0n) is 20.3. The third-order valence-corrected chi connectivity index (χ3v) is 5.18. The fraction of sp³-hybridized carbons (Fsp3) is 0.308. The minimum absolute atomic E-state index is 0.0304. The van der Waals surface area contributed by atoms with Crippen molar-refractivity contribution in [1.29, 1.82) is 0 Å². The van der Waals surface area contributed by atoms with Crippen molar-refractivity contribution < 1.29 is 36.6 Å². The number of nitrogens with one attached hydrogen (secondary N) is 1. The van der Waals surface area contributed by atoms with E-state index in [1.54, 1.807) is 39.1 Å². The number of ketones is 1. The van der Waals surface area contributed by atoms with Crippen LogP contribution in [0, 0.1) is 11.7 Å². The summed E-state index contributed by atoms with van der Waals surface area (Å²) in [7, 11) is 0. The van der Waals surface area contributed by atoms with Gasteiger partial charge in [-0.25, -0.2) is 4.39 Å². The van der Waals surface area contributed by atoms with Crippen LogP contribution in [0.15, 0.2) is 54.7 Å². The number of Topliss-reactive ketones (excluding diaryl/α,β-unsaturated/α-hetero) is 1. The third kappa shape index (κ3) is 8.26. The van der Waals surface area contributed by atoms with E-state index < -0.39 is 36.4 Å². The van der Waals surface area contributed by atoms with Crippen LogP contribution in [0.25, 0.3) is 0 Å². The normalized spacial score (nSPS) is 12.2. The molecule has 3 rings (SSSR count). The van der Waals surface area contributed by atoms with Crippen molar-refractivity contribution in [3.05, 3.63) is 77.4 Å². The minimum atomic E-state index is -4.59. The highest BCUT2D eigenvalue weighted by molar-refractivity contribution is 5.96. The van der Waals surface area contributed by atoms with Crippen LogP contribution in [0.1, 0.15) is 48.4 Å². The van der Waals surface area contributed by atoms with Crippen molar-refractivity contribution in [3.8, 4) is 17.5 Å². The number of halogens is 4. The zero-order chi connectivity index (χ0) is 27.2. The van der Waals surface area contributed by atoms with Crippen molar-refractivity contribution in [2.75, 3.05) is 6.61 Å². The van der Waals surface area contributed by atoms with Gasteiger partial charge >= 0.3 is 6.18 Å². The number of carbonyl (C=O) groups excluding carboxylic acids is 2. The maximum Gasteiger partial charge on any atom is 0.422 e. The summed E-state index contributed by atoms with van der Waals surface area (Å²) < 4.78 is 61.2. The number of aromatic nitrogens is 2. The van der Waals surface area contributed by atoms with E-state index >= 15 is 0 Å². The summed E-state index contributed by atoms with van der Waals surface area (Å²) in [6.07, 6.45) is -2.89. The number of carbonyl (C=O) groups is 2. The van der Waals surface area contributed by atoms with Crippen LogP contribution < -0.4 is 14.8 Å². The van der Waals surface area contributed by atoms with Gasteiger partial charge < -0.3 is 14.8 Å². The predicted molar refractivity (Wildman–Crippen MR) is 126 cm³/mol. The second-order valence-corrected chi connectivity index (χ2v) is 8.54. The molecule has 0 fully saturated rings. The van der Waals surface area contributed by atoms with E-state index in [4.69, 9.17) is 4.74 Å². The lowest BCUT2D eigenvalue weighted by Gasteiger charge is -2.17. The summed E-state index contributed by atoms with van der Waals surface area (Å²) in [6.45, 7) is 3.74. The van der Waals surface area contributed by atoms with Gasteiger partial charge in [0.1, 0.15) is 22.9 Å². The van der Waals surface area contributed by atoms with Gasteiger partial charge in [0.15, 0.2) is 6.61 Å². The molecule has 7 nitrogen and oxygen atoms in total. The summed E-state index contributed by atoms with van der Waals surface area (Å²) in [5, 5.41) is 2.77. The van der Waals surface area contributed by atoms with Gasteiger partial charge in [0.25, 0.3) is 5.91 Å². The lowest BCUT2D eigenvalue weighted by molar-refractivity contribution is -0.154. The molecule has 0 spiro atoms. The van der Waals surface area contributed by atoms with Crippen molar-refractivity contribution in [1.82, 2.24) is 15.3 Å². The maximum atomic E-state index is 13.3. The number of rotatable bonds is 10. The highest BCUT2D eigenvalue weighted by Gasteiger charge is 2.29. The Morgan fingerprint density at radius 3 is 2.38 bits per heavy atom. The molecule has 0 aliphatic heterocycles. The van der Waals surface area contributed by atoms with E-state index in [1.807, 2.05) is 0 Å². The third-order valence-electron chi connectivity index (χ3n) is 5.18. The quantitative estimate of drug-likeness (QED) is 0.351. The monoisotopic (exact) mass is 519 g/mol. The minimum Gasteiger partial charge on any atom is -0.468 e. The van der Waals surface area contributed by atoms with Crippen LogP contribution in [0.5, 0.6) is 17.5 Å². The van der Waals surface area contributed by atoms with Gasteiger partial charge in [0.05, 0.1) is 6.04 Å². The number of pyridine rings is 2. The fourth-order valence-corrected chi connectivity index (χ4v) is 3.13. The van der Waals surface area contributed by atoms with Gasteiger partial charge in [-0.15, -0.1) is 0 Å². The number of hydrogen-bond donors (Lipinski definition) is 1. The van der Waals surface area contributed by atoms with Crippen LogP contribution in [-0.2, 0) is 11.2 Å². The number of nitrogens with zero attached hydrogens (tertiary/aromatic N) is 2. The van der Waals surface area contributed by atoms with Crippen molar-refractivity contribution >= 4 is 11.7 Å². The molecule has 1 unspecified atom stereocenters. The Morgan fingerprint density at radius 1 is 1.03 bits per heavy atom. The Morgan fingerprint density at radius 2 is 1.73 bits per heavy atom. The Hall–Kier alpha value is -4.02. The Kier molecular flexibility index (Phi) is 8.80. The molecule has 3 aromatic rings. The van der Waals surface area contributed by atoms with Crippen LogP contribution in [-0.4, -0.2) is 34.4 Å². The van der Waals surface area contributed by atoms with E-state index in [1.165, 1.54) is 18.2 Å². The van der Waals surface area contributed by atoms with Crippen LogP contribution in [0.2, 0.25) is 0 Å². The van der Waals surface area contributed by atoms with Crippen molar-refractivity contribution in [2.45, 2.75) is 39.4 Å². The molecule has 2 heterocycles. The number of benzene rings is 1. The average molecular weight is 519 g/mol. The molecule has 1 N–H and O–H groups in total.